The number of amides is 1. The number of halogens is 4. The van der Waals surface area contributed by atoms with Crippen molar-refractivity contribution in [3.05, 3.63) is 102 Å². The monoisotopic (exact) mass is 536 g/mol. The van der Waals surface area contributed by atoms with E-state index in [9.17, 15) is 18.0 Å². The van der Waals surface area contributed by atoms with Gasteiger partial charge in [-0.2, -0.15) is 18.3 Å². The maximum Gasteiger partial charge on any atom is 0.416 e. The molecule has 0 saturated heterocycles. The standard InChI is InChI=1S/C27H20ClF3N6O/c1-32-16-20-6-5-19(14-22(20)27(29,30)31)26(38)36(28)21-4-2-3-18(13-21)24-9-12-34-25-15-23(35-37(24)25)17-7-10-33-11-8-17/h2-15,32H,16H2,1H3. The molecule has 1 N–H and O–H groups in total. The summed E-state index contributed by atoms with van der Waals surface area (Å²) in [6.45, 7) is 0.00660. The predicted octanol–water partition coefficient (Wildman–Crippen LogP) is 6.00. The highest BCUT2D eigenvalue weighted by Gasteiger charge is 2.34. The van der Waals surface area contributed by atoms with E-state index in [1.807, 2.05) is 24.3 Å². The van der Waals surface area contributed by atoms with Gasteiger partial charge in [0.2, 0.25) is 0 Å². The normalized spacial score (nSPS) is 11.6. The minimum Gasteiger partial charge on any atom is -0.316 e. The van der Waals surface area contributed by atoms with Gasteiger partial charge in [-0.15, -0.1) is 0 Å². The Bertz CT molecular complexity index is 1620. The summed E-state index contributed by atoms with van der Waals surface area (Å²) in [4.78, 5) is 21.5. The highest BCUT2D eigenvalue weighted by atomic mass is 35.5. The molecule has 5 aromatic rings. The van der Waals surface area contributed by atoms with Gasteiger partial charge in [-0.25, -0.2) is 13.9 Å². The van der Waals surface area contributed by atoms with Gasteiger partial charge in [0.15, 0.2) is 5.65 Å². The predicted molar refractivity (Wildman–Crippen MR) is 139 cm³/mol. The van der Waals surface area contributed by atoms with Crippen molar-refractivity contribution in [1.82, 2.24) is 24.9 Å². The lowest BCUT2D eigenvalue weighted by Crippen LogP contribution is -2.22. The second kappa shape index (κ2) is 10.2. The van der Waals surface area contributed by atoms with Gasteiger partial charge in [0.25, 0.3) is 5.91 Å². The molecule has 0 fully saturated rings. The average molecular weight is 537 g/mol. The SMILES string of the molecule is CNCc1ccc(C(=O)N(Cl)c2cccc(-c3ccnc4cc(-c5ccncc5)nn34)c2)cc1C(F)(F)F. The molecular weight excluding hydrogens is 517 g/mol. The number of carbonyl (C=O) groups is 1. The second-order valence-electron chi connectivity index (χ2n) is 8.40. The third-order valence-corrected chi connectivity index (χ3v) is 6.26. The lowest BCUT2D eigenvalue weighted by atomic mass is 10.0. The van der Waals surface area contributed by atoms with Crippen molar-refractivity contribution in [2.24, 2.45) is 0 Å². The van der Waals surface area contributed by atoms with Crippen LogP contribution in [0.3, 0.4) is 0 Å². The number of benzene rings is 2. The topological polar surface area (TPSA) is 75.4 Å². The number of alkyl halides is 3. The summed E-state index contributed by atoms with van der Waals surface area (Å²) in [5.74, 6) is -0.788. The van der Waals surface area contributed by atoms with Gasteiger partial charge in [0.1, 0.15) is 0 Å². The van der Waals surface area contributed by atoms with E-state index in [0.29, 0.717) is 22.6 Å². The molecule has 0 bridgehead atoms. The minimum absolute atomic E-state index is 0.00660. The van der Waals surface area contributed by atoms with Crippen LogP contribution in [0.1, 0.15) is 21.5 Å². The maximum atomic E-state index is 13.6. The van der Waals surface area contributed by atoms with Gasteiger partial charge in [-0.1, -0.05) is 18.2 Å². The van der Waals surface area contributed by atoms with E-state index >= 15 is 0 Å². The summed E-state index contributed by atoms with van der Waals surface area (Å²) in [5, 5.41) is 7.38. The summed E-state index contributed by atoms with van der Waals surface area (Å²) >= 11 is 6.37. The molecule has 0 aliphatic rings. The number of fused-ring (bicyclic) bond motifs is 1. The van der Waals surface area contributed by atoms with Crippen LogP contribution in [0.5, 0.6) is 0 Å². The van der Waals surface area contributed by atoms with Crippen LogP contribution in [0.15, 0.2) is 85.3 Å². The van der Waals surface area contributed by atoms with E-state index in [-0.39, 0.29) is 23.4 Å². The summed E-state index contributed by atoms with van der Waals surface area (Å²) in [7, 11) is 1.55. The highest BCUT2D eigenvalue weighted by Crippen LogP contribution is 2.34. The molecule has 3 aromatic heterocycles. The van der Waals surface area contributed by atoms with Crippen molar-refractivity contribution in [3.8, 4) is 22.5 Å². The van der Waals surface area contributed by atoms with Crippen LogP contribution in [-0.2, 0) is 12.7 Å². The Morgan fingerprint density at radius 2 is 1.79 bits per heavy atom. The third kappa shape index (κ3) is 4.96. The molecule has 2 aromatic carbocycles. The summed E-state index contributed by atoms with van der Waals surface area (Å²) in [6.07, 6.45) is 0.375. The Labute approximate surface area is 220 Å². The van der Waals surface area contributed by atoms with Crippen LogP contribution < -0.4 is 9.74 Å². The first-order chi connectivity index (χ1) is 18.3. The second-order valence-corrected chi connectivity index (χ2v) is 8.74. The highest BCUT2D eigenvalue weighted by molar-refractivity contribution is 6.39. The molecule has 0 atom stereocenters. The largest absolute Gasteiger partial charge is 0.416 e. The molecule has 192 valence electrons. The van der Waals surface area contributed by atoms with Gasteiger partial charge in [0.05, 0.1) is 22.6 Å². The van der Waals surface area contributed by atoms with Crippen molar-refractivity contribution in [3.63, 3.8) is 0 Å². The Morgan fingerprint density at radius 1 is 1.00 bits per heavy atom. The average Bonchev–Trinajstić information content (AvgIpc) is 3.37. The fourth-order valence-corrected chi connectivity index (χ4v) is 4.32. The van der Waals surface area contributed by atoms with Crippen LogP contribution in [-0.4, -0.2) is 32.5 Å². The molecule has 0 saturated carbocycles. The number of nitrogens with one attached hydrogen (secondary N) is 1. The van der Waals surface area contributed by atoms with Crippen molar-refractivity contribution >= 4 is 29.0 Å². The minimum atomic E-state index is -4.62. The van der Waals surface area contributed by atoms with E-state index in [1.54, 1.807) is 54.4 Å². The maximum absolute atomic E-state index is 13.6. The zero-order valence-corrected chi connectivity index (χ0v) is 20.7. The summed E-state index contributed by atoms with van der Waals surface area (Å²) in [6, 6.07) is 17.5. The lowest BCUT2D eigenvalue weighted by Gasteiger charge is -2.18. The number of hydrogen-bond donors (Lipinski definition) is 1. The third-order valence-electron chi connectivity index (χ3n) is 5.91. The summed E-state index contributed by atoms with van der Waals surface area (Å²) in [5.41, 5.74) is 2.81. The van der Waals surface area contributed by atoms with Gasteiger partial charge in [-0.05, 0) is 55.1 Å². The molecule has 38 heavy (non-hydrogen) atoms. The zero-order valence-electron chi connectivity index (χ0n) is 19.9. The first-order valence-electron chi connectivity index (χ1n) is 11.5. The molecule has 0 aliphatic heterocycles. The smallest absolute Gasteiger partial charge is 0.316 e. The molecule has 1 amide bonds. The molecule has 0 aliphatic carbocycles. The Kier molecular flexibility index (Phi) is 6.83. The van der Waals surface area contributed by atoms with E-state index in [2.05, 4.69) is 20.4 Å². The van der Waals surface area contributed by atoms with Crippen LogP contribution in [0.25, 0.3) is 28.2 Å². The fourth-order valence-electron chi connectivity index (χ4n) is 4.11. The molecule has 0 unspecified atom stereocenters. The number of pyridine rings is 1. The van der Waals surface area contributed by atoms with Crippen LogP contribution in [0, 0.1) is 0 Å². The van der Waals surface area contributed by atoms with Gasteiger partial charge >= 0.3 is 6.18 Å². The number of hydrogen-bond acceptors (Lipinski definition) is 5. The molecular formula is C27H20ClF3N6O. The fraction of sp³-hybridized carbons (Fsp3) is 0.111. The van der Waals surface area contributed by atoms with E-state index in [1.165, 1.54) is 12.1 Å². The molecule has 0 spiro atoms. The van der Waals surface area contributed by atoms with E-state index in [4.69, 9.17) is 11.8 Å². The summed E-state index contributed by atoms with van der Waals surface area (Å²) < 4.78 is 43.3. The number of nitrogens with zero attached hydrogens (tertiary/aromatic N) is 5. The van der Waals surface area contributed by atoms with Crippen LogP contribution >= 0.6 is 11.8 Å². The van der Waals surface area contributed by atoms with Crippen molar-refractivity contribution in [1.29, 1.82) is 0 Å². The molecule has 0 radical (unpaired) electrons. The van der Waals surface area contributed by atoms with Gasteiger partial charge < -0.3 is 5.32 Å². The zero-order chi connectivity index (χ0) is 26.9. The van der Waals surface area contributed by atoms with Crippen molar-refractivity contribution in [2.75, 3.05) is 11.5 Å². The first kappa shape index (κ1) is 25.4. The van der Waals surface area contributed by atoms with Gasteiger partial charge in [0, 0.05) is 59.7 Å². The number of aromatic nitrogens is 4. The number of carbonyl (C=O) groups excluding carboxylic acids is 1. The number of rotatable bonds is 6. The van der Waals surface area contributed by atoms with Crippen molar-refractivity contribution < 1.29 is 18.0 Å². The lowest BCUT2D eigenvalue weighted by molar-refractivity contribution is -0.138. The van der Waals surface area contributed by atoms with E-state index in [0.717, 1.165) is 16.0 Å². The molecule has 11 heteroatoms. The first-order valence-corrected chi connectivity index (χ1v) is 11.8. The molecule has 3 heterocycles. The van der Waals surface area contributed by atoms with Crippen molar-refractivity contribution in [2.45, 2.75) is 12.7 Å². The molecule has 5 rings (SSSR count). The quantitative estimate of drug-likeness (QED) is 0.270. The van der Waals surface area contributed by atoms with Gasteiger partial charge in [-0.3, -0.25) is 9.78 Å². The molecule has 7 nitrogen and oxygen atoms in total. The van der Waals surface area contributed by atoms with Crippen LogP contribution in [0.2, 0.25) is 0 Å². The number of anilines is 1. The Hall–Kier alpha value is -4.28. The van der Waals surface area contributed by atoms with Crippen LogP contribution in [0.4, 0.5) is 18.9 Å². The Morgan fingerprint density at radius 3 is 2.53 bits per heavy atom. The Balaban J connectivity index is 1.49. The van der Waals surface area contributed by atoms with E-state index < -0.39 is 17.6 Å².